The van der Waals surface area contributed by atoms with Gasteiger partial charge in [0.2, 0.25) is 0 Å². The van der Waals surface area contributed by atoms with Crippen LogP contribution in [0.15, 0.2) is 12.2 Å². The van der Waals surface area contributed by atoms with E-state index >= 15 is 0 Å². The third-order valence-electron chi connectivity index (χ3n) is 13.5. The van der Waals surface area contributed by atoms with Crippen molar-refractivity contribution >= 4 is 17.9 Å². The second-order valence-corrected chi connectivity index (χ2v) is 20.3. The van der Waals surface area contributed by atoms with Gasteiger partial charge in [-0.3, -0.25) is 14.4 Å². The van der Waals surface area contributed by atoms with Gasteiger partial charge >= 0.3 is 17.9 Å². The van der Waals surface area contributed by atoms with Gasteiger partial charge in [-0.1, -0.05) is 283 Å². The average molecular weight is 932 g/mol. The van der Waals surface area contributed by atoms with Crippen LogP contribution in [0.4, 0.5) is 0 Å². The lowest BCUT2D eigenvalue weighted by Crippen LogP contribution is -2.30. The molecule has 0 saturated carbocycles. The first-order valence-corrected chi connectivity index (χ1v) is 29.7. The first kappa shape index (κ1) is 64.2. The molecule has 0 aliphatic rings. The number of ether oxygens (including phenoxy) is 3. The van der Waals surface area contributed by atoms with E-state index in [1.54, 1.807) is 0 Å². The summed E-state index contributed by atoms with van der Waals surface area (Å²) in [6.07, 6.45) is 63.7. The number of esters is 3. The topological polar surface area (TPSA) is 78.9 Å². The summed E-state index contributed by atoms with van der Waals surface area (Å²) < 4.78 is 16.8. The van der Waals surface area contributed by atoms with E-state index in [-0.39, 0.29) is 31.1 Å². The maximum atomic E-state index is 12.8. The maximum Gasteiger partial charge on any atom is 0.306 e. The van der Waals surface area contributed by atoms with Crippen LogP contribution in [-0.4, -0.2) is 37.2 Å². The molecular weight excluding hydrogens is 817 g/mol. The van der Waals surface area contributed by atoms with Crippen molar-refractivity contribution in [2.45, 2.75) is 341 Å². The van der Waals surface area contributed by atoms with Gasteiger partial charge in [-0.25, -0.2) is 0 Å². The monoisotopic (exact) mass is 931 g/mol. The predicted molar refractivity (Wildman–Crippen MR) is 284 cm³/mol. The Hall–Kier alpha value is -1.85. The largest absolute Gasteiger partial charge is 0.462 e. The van der Waals surface area contributed by atoms with Gasteiger partial charge in [0.05, 0.1) is 0 Å². The van der Waals surface area contributed by atoms with Crippen molar-refractivity contribution in [3.63, 3.8) is 0 Å². The molecule has 0 fully saturated rings. The molecule has 1 unspecified atom stereocenters. The summed E-state index contributed by atoms with van der Waals surface area (Å²) in [6.45, 7) is 6.66. The molecule has 390 valence electrons. The Morgan fingerprint density at radius 1 is 0.288 bits per heavy atom. The lowest BCUT2D eigenvalue weighted by atomic mass is 10.0. The Labute approximate surface area is 411 Å². The van der Waals surface area contributed by atoms with Gasteiger partial charge in [-0.15, -0.1) is 0 Å². The second kappa shape index (κ2) is 55.7. The standard InChI is InChI=1S/C60H114O6/c1-4-7-10-13-16-19-21-23-24-25-26-27-28-29-30-31-32-33-34-35-36-37-39-41-44-47-50-53-59(62)65-56-57(55-64-58(61)52-49-46-43-40-18-15-12-9-6-3)66-60(63)54-51-48-45-42-38-22-20-17-14-11-8-5-2/h25-26,57H,4-24,27-56H2,1-3H3/b26-25-. The van der Waals surface area contributed by atoms with Gasteiger partial charge in [0.25, 0.3) is 0 Å². The van der Waals surface area contributed by atoms with Gasteiger partial charge in [-0.05, 0) is 44.9 Å². The van der Waals surface area contributed by atoms with Crippen LogP contribution >= 0.6 is 0 Å². The van der Waals surface area contributed by atoms with E-state index in [1.165, 1.54) is 238 Å². The van der Waals surface area contributed by atoms with Crippen molar-refractivity contribution in [3.8, 4) is 0 Å². The number of allylic oxidation sites excluding steroid dienone is 2. The van der Waals surface area contributed by atoms with Crippen molar-refractivity contribution < 1.29 is 28.6 Å². The molecule has 0 aliphatic heterocycles. The van der Waals surface area contributed by atoms with Crippen molar-refractivity contribution in [3.05, 3.63) is 12.2 Å². The fourth-order valence-electron chi connectivity index (χ4n) is 9.03. The highest BCUT2D eigenvalue weighted by Gasteiger charge is 2.19. The van der Waals surface area contributed by atoms with Gasteiger partial charge in [0.1, 0.15) is 13.2 Å². The van der Waals surface area contributed by atoms with E-state index in [1.807, 2.05) is 0 Å². The molecule has 6 heteroatoms. The number of hydrogen-bond donors (Lipinski definition) is 0. The molecule has 0 aromatic heterocycles. The summed E-state index contributed by atoms with van der Waals surface area (Å²) in [4.78, 5) is 38.0. The molecule has 1 atom stereocenters. The summed E-state index contributed by atoms with van der Waals surface area (Å²) in [5.74, 6) is -0.845. The fourth-order valence-corrected chi connectivity index (χ4v) is 9.03. The lowest BCUT2D eigenvalue weighted by molar-refractivity contribution is -0.167. The first-order valence-electron chi connectivity index (χ1n) is 29.7. The SMILES string of the molecule is CCCCCCCCCC/C=C\CCCCCCCCCCCCCCCCCC(=O)OCC(COC(=O)CCCCCCCCCCC)OC(=O)CCCCCCCCCCCCCC. The molecule has 0 heterocycles. The van der Waals surface area contributed by atoms with Crippen molar-refractivity contribution in [2.75, 3.05) is 13.2 Å². The molecule has 6 nitrogen and oxygen atoms in total. The third kappa shape index (κ3) is 53.1. The summed E-state index contributed by atoms with van der Waals surface area (Å²) in [5.41, 5.74) is 0. The van der Waals surface area contributed by atoms with Crippen molar-refractivity contribution in [2.24, 2.45) is 0 Å². The van der Waals surface area contributed by atoms with Crippen molar-refractivity contribution in [1.82, 2.24) is 0 Å². The molecule has 0 aromatic rings. The van der Waals surface area contributed by atoms with E-state index in [0.717, 1.165) is 57.8 Å². The molecule has 0 rings (SSSR count). The van der Waals surface area contributed by atoms with E-state index < -0.39 is 6.10 Å². The zero-order valence-corrected chi connectivity index (χ0v) is 44.7. The van der Waals surface area contributed by atoms with E-state index in [0.29, 0.717) is 19.3 Å². The van der Waals surface area contributed by atoms with E-state index in [9.17, 15) is 14.4 Å². The Kier molecular flexibility index (Phi) is 54.2. The van der Waals surface area contributed by atoms with Crippen molar-refractivity contribution in [1.29, 1.82) is 0 Å². The highest BCUT2D eigenvalue weighted by Crippen LogP contribution is 2.17. The summed E-state index contributed by atoms with van der Waals surface area (Å²) in [7, 11) is 0. The number of rotatable bonds is 55. The highest BCUT2D eigenvalue weighted by atomic mass is 16.6. The Morgan fingerprint density at radius 2 is 0.500 bits per heavy atom. The molecule has 0 aromatic carbocycles. The van der Waals surface area contributed by atoms with Crippen LogP contribution < -0.4 is 0 Å². The number of hydrogen-bond acceptors (Lipinski definition) is 6. The normalized spacial score (nSPS) is 12.0. The van der Waals surface area contributed by atoms with Gasteiger partial charge < -0.3 is 14.2 Å². The predicted octanol–water partition coefficient (Wildman–Crippen LogP) is 19.7. The number of carbonyl (C=O) groups is 3. The van der Waals surface area contributed by atoms with Gasteiger partial charge in [0, 0.05) is 19.3 Å². The molecule has 0 spiro atoms. The summed E-state index contributed by atoms with van der Waals surface area (Å²) >= 11 is 0. The van der Waals surface area contributed by atoms with Crippen LogP contribution in [-0.2, 0) is 28.6 Å². The molecule has 0 saturated heterocycles. The molecule has 0 bridgehead atoms. The number of unbranched alkanes of at least 4 members (excludes halogenated alkanes) is 42. The minimum absolute atomic E-state index is 0.0638. The fraction of sp³-hybridized carbons (Fsp3) is 0.917. The van der Waals surface area contributed by atoms with Crippen LogP contribution in [0.25, 0.3) is 0 Å². The van der Waals surface area contributed by atoms with Gasteiger partial charge in [-0.2, -0.15) is 0 Å². The van der Waals surface area contributed by atoms with Crippen LogP contribution in [0.5, 0.6) is 0 Å². The quantitative estimate of drug-likeness (QED) is 0.0262. The molecule has 0 aliphatic carbocycles. The molecule has 0 N–H and O–H groups in total. The Bertz CT molecular complexity index is 1020. The molecule has 66 heavy (non-hydrogen) atoms. The van der Waals surface area contributed by atoms with Crippen LogP contribution in [0.2, 0.25) is 0 Å². The molecular formula is C60H114O6. The minimum atomic E-state index is -0.762. The maximum absolute atomic E-state index is 12.8. The molecule has 0 amide bonds. The van der Waals surface area contributed by atoms with E-state index in [4.69, 9.17) is 14.2 Å². The summed E-state index contributed by atoms with van der Waals surface area (Å²) in [5, 5.41) is 0. The van der Waals surface area contributed by atoms with Gasteiger partial charge in [0.15, 0.2) is 6.10 Å². The number of carbonyl (C=O) groups excluding carboxylic acids is 3. The zero-order valence-electron chi connectivity index (χ0n) is 44.7. The zero-order chi connectivity index (χ0) is 47.9. The summed E-state index contributed by atoms with van der Waals surface area (Å²) in [6, 6.07) is 0. The minimum Gasteiger partial charge on any atom is -0.462 e. The second-order valence-electron chi connectivity index (χ2n) is 20.3. The Morgan fingerprint density at radius 3 is 0.758 bits per heavy atom. The smallest absolute Gasteiger partial charge is 0.306 e. The Balaban J connectivity index is 4.06. The highest BCUT2D eigenvalue weighted by molar-refractivity contribution is 5.71. The lowest BCUT2D eigenvalue weighted by Gasteiger charge is -2.18. The van der Waals surface area contributed by atoms with E-state index in [2.05, 4.69) is 32.9 Å². The van der Waals surface area contributed by atoms with Crippen LogP contribution in [0.1, 0.15) is 335 Å². The third-order valence-corrected chi connectivity index (χ3v) is 13.5. The van der Waals surface area contributed by atoms with Crippen LogP contribution in [0, 0.1) is 0 Å². The van der Waals surface area contributed by atoms with Crippen LogP contribution in [0.3, 0.4) is 0 Å². The molecule has 0 radical (unpaired) electrons. The average Bonchev–Trinajstić information content (AvgIpc) is 3.31. The first-order chi connectivity index (χ1) is 32.5.